The van der Waals surface area contributed by atoms with Crippen LogP contribution < -0.4 is 4.72 Å². The van der Waals surface area contributed by atoms with E-state index in [0.717, 1.165) is 18.5 Å². The molecule has 37 heavy (non-hydrogen) atoms. The Hall–Kier alpha value is -3.70. The van der Waals surface area contributed by atoms with Crippen LogP contribution in [0.2, 0.25) is 0 Å². The zero-order valence-electron chi connectivity index (χ0n) is 20.7. The van der Waals surface area contributed by atoms with E-state index in [1.54, 1.807) is 60.5 Å². The highest BCUT2D eigenvalue weighted by molar-refractivity contribution is 7.93. The number of benzene rings is 2. The molecule has 3 heterocycles. The third-order valence-electron chi connectivity index (χ3n) is 7.19. The number of aryl methyl sites for hydroxylation is 1. The number of pyridine rings is 1. The summed E-state index contributed by atoms with van der Waals surface area (Å²) in [6.07, 6.45) is 0.595. The number of aromatic nitrogens is 1. The molecule has 194 valence electrons. The molecule has 0 spiro atoms. The summed E-state index contributed by atoms with van der Waals surface area (Å²) in [5.41, 5.74) is 1.79. The van der Waals surface area contributed by atoms with Crippen LogP contribution in [0.1, 0.15) is 15.9 Å². The number of likely N-dealkylation sites (tertiary alicyclic amines) is 1. The molecule has 1 atom stereocenters. The highest BCUT2D eigenvalue weighted by Gasteiger charge is 2.41. The molecule has 2 N–H and O–H groups in total. The normalized spacial score (nSPS) is 19.0. The number of piperazine rings is 1. The summed E-state index contributed by atoms with van der Waals surface area (Å²) < 4.78 is 29.0. The number of hydrogen-bond donors (Lipinski definition) is 2. The maximum atomic E-state index is 13.3. The van der Waals surface area contributed by atoms with Gasteiger partial charge >= 0.3 is 6.09 Å². The molecule has 5 rings (SSSR count). The molecule has 2 amide bonds. The summed E-state index contributed by atoms with van der Waals surface area (Å²) in [5.74, 6) is -0.00254. The number of carboxylic acid groups (broad SMARTS) is 1. The summed E-state index contributed by atoms with van der Waals surface area (Å²) in [6.45, 7) is 4.26. The van der Waals surface area contributed by atoms with Gasteiger partial charge in [-0.1, -0.05) is 18.2 Å². The molecule has 0 bridgehead atoms. The molecule has 0 radical (unpaired) electrons. The second-order valence-corrected chi connectivity index (χ2v) is 11.4. The van der Waals surface area contributed by atoms with Gasteiger partial charge in [0.2, 0.25) is 0 Å². The van der Waals surface area contributed by atoms with Crippen molar-refractivity contribution >= 4 is 38.6 Å². The molecule has 0 aliphatic carbocycles. The number of para-hydroxylation sites is 1. The zero-order valence-corrected chi connectivity index (χ0v) is 21.5. The highest BCUT2D eigenvalue weighted by atomic mass is 32.2. The van der Waals surface area contributed by atoms with Crippen LogP contribution in [0, 0.1) is 12.8 Å². The zero-order chi connectivity index (χ0) is 26.3. The highest BCUT2D eigenvalue weighted by Crippen LogP contribution is 2.28. The van der Waals surface area contributed by atoms with Crippen LogP contribution >= 0.6 is 0 Å². The lowest BCUT2D eigenvalue weighted by molar-refractivity contribution is -0.00219. The van der Waals surface area contributed by atoms with Gasteiger partial charge in [0.15, 0.2) is 0 Å². The molecule has 11 heteroatoms. The van der Waals surface area contributed by atoms with E-state index in [2.05, 4.69) is 14.6 Å². The smallest absolute Gasteiger partial charge is 0.407 e. The summed E-state index contributed by atoms with van der Waals surface area (Å²) in [7, 11) is -1.93. The van der Waals surface area contributed by atoms with Crippen LogP contribution in [0.3, 0.4) is 0 Å². The number of fused-ring (bicyclic) bond motifs is 1. The lowest BCUT2D eigenvalue weighted by atomic mass is 9.89. The first kappa shape index (κ1) is 25.0. The molecule has 2 saturated heterocycles. The fraction of sp³-hybridized carbons (Fsp3) is 0.346. The van der Waals surface area contributed by atoms with Gasteiger partial charge in [-0.15, -0.1) is 0 Å². The predicted molar refractivity (Wildman–Crippen MR) is 139 cm³/mol. The first-order valence-corrected chi connectivity index (χ1v) is 13.6. The first-order chi connectivity index (χ1) is 17.6. The van der Waals surface area contributed by atoms with Crippen molar-refractivity contribution in [2.45, 2.75) is 17.9 Å². The van der Waals surface area contributed by atoms with Crippen molar-refractivity contribution in [1.29, 1.82) is 0 Å². The van der Waals surface area contributed by atoms with Gasteiger partial charge in [-0.25, -0.2) is 13.2 Å². The lowest BCUT2D eigenvalue weighted by Gasteiger charge is -2.49. The van der Waals surface area contributed by atoms with Gasteiger partial charge in [-0.3, -0.25) is 14.5 Å². The number of amides is 2. The Morgan fingerprint density at radius 3 is 2.51 bits per heavy atom. The molecular formula is C26H29N5O5S. The second kappa shape index (κ2) is 9.64. The first-order valence-electron chi connectivity index (χ1n) is 12.1. The standard InChI is InChI=1S/C26H29N5O5S/c1-17-13-19(25(32)30-11-12-31(26(33)34)22(16-30)20-14-29(2)15-20)8-9-21(17)28-37(35,36)23-7-3-5-18-6-4-10-27-24(18)23/h3-10,13,20,22,28H,11-12,14-16H2,1-2H3,(H,33,34). The molecule has 1 unspecified atom stereocenters. The van der Waals surface area contributed by atoms with Crippen molar-refractivity contribution in [2.75, 3.05) is 44.5 Å². The van der Waals surface area contributed by atoms with Crippen LogP contribution in [-0.2, 0) is 10.0 Å². The maximum absolute atomic E-state index is 13.3. The maximum Gasteiger partial charge on any atom is 0.407 e. The molecule has 0 saturated carbocycles. The molecule has 2 aliphatic rings. The van der Waals surface area contributed by atoms with Crippen LogP contribution in [0.4, 0.5) is 10.5 Å². The molecule has 2 aliphatic heterocycles. The topological polar surface area (TPSA) is 123 Å². The van der Waals surface area contributed by atoms with Crippen molar-refractivity contribution in [3.05, 3.63) is 65.9 Å². The van der Waals surface area contributed by atoms with Crippen LogP contribution in [0.5, 0.6) is 0 Å². The average molecular weight is 524 g/mol. The van der Waals surface area contributed by atoms with Crippen LogP contribution in [0.15, 0.2) is 59.6 Å². The Bertz CT molecular complexity index is 1470. The van der Waals surface area contributed by atoms with E-state index >= 15 is 0 Å². The number of nitrogens with one attached hydrogen (secondary N) is 1. The van der Waals surface area contributed by atoms with Crippen LogP contribution in [-0.4, -0.2) is 91.0 Å². The SMILES string of the molecule is Cc1cc(C(=O)N2CCN(C(=O)O)C(C3CN(C)C3)C2)ccc1NS(=O)(=O)c1cccc2cccnc12. The van der Waals surface area contributed by atoms with E-state index < -0.39 is 16.1 Å². The van der Waals surface area contributed by atoms with Crippen molar-refractivity contribution < 1.29 is 23.1 Å². The van der Waals surface area contributed by atoms with Gasteiger partial charge in [0, 0.05) is 55.8 Å². The van der Waals surface area contributed by atoms with Gasteiger partial charge in [-0.2, -0.15) is 0 Å². The minimum absolute atomic E-state index is 0.0779. The van der Waals surface area contributed by atoms with Gasteiger partial charge in [0.25, 0.3) is 15.9 Å². The number of anilines is 1. The van der Waals surface area contributed by atoms with Gasteiger partial charge in [-0.05, 0) is 49.9 Å². The largest absolute Gasteiger partial charge is 0.465 e. The number of carbonyl (C=O) groups is 2. The number of carbonyl (C=O) groups excluding carboxylic acids is 1. The fourth-order valence-corrected chi connectivity index (χ4v) is 6.52. The van der Waals surface area contributed by atoms with Crippen molar-refractivity contribution in [3.63, 3.8) is 0 Å². The number of nitrogens with zero attached hydrogens (tertiary/aromatic N) is 4. The quantitative estimate of drug-likeness (QED) is 0.527. The van der Waals surface area contributed by atoms with Gasteiger partial charge in [0.05, 0.1) is 17.2 Å². The van der Waals surface area contributed by atoms with Gasteiger partial charge in [0.1, 0.15) is 4.90 Å². The van der Waals surface area contributed by atoms with E-state index in [0.29, 0.717) is 35.4 Å². The summed E-state index contributed by atoms with van der Waals surface area (Å²) in [6, 6.07) is 13.2. The lowest BCUT2D eigenvalue weighted by Crippen LogP contribution is -2.64. The fourth-order valence-electron chi connectivity index (χ4n) is 5.21. The van der Waals surface area contributed by atoms with Crippen molar-refractivity contribution in [2.24, 2.45) is 5.92 Å². The summed E-state index contributed by atoms with van der Waals surface area (Å²) in [4.78, 5) is 34.7. The Morgan fingerprint density at radius 1 is 1.05 bits per heavy atom. The minimum Gasteiger partial charge on any atom is -0.465 e. The molecule has 2 fully saturated rings. The van der Waals surface area contributed by atoms with Gasteiger partial charge < -0.3 is 19.8 Å². The average Bonchev–Trinajstić information content (AvgIpc) is 2.86. The van der Waals surface area contributed by atoms with E-state index in [9.17, 15) is 23.1 Å². The number of hydrogen-bond acceptors (Lipinski definition) is 6. The third-order valence-corrected chi connectivity index (χ3v) is 8.59. The molecular weight excluding hydrogens is 494 g/mol. The molecule has 2 aromatic carbocycles. The Labute approximate surface area is 215 Å². The number of rotatable bonds is 5. The number of sulfonamides is 1. The Kier molecular flexibility index (Phi) is 6.50. The van der Waals surface area contributed by atoms with Crippen molar-refractivity contribution in [3.8, 4) is 0 Å². The monoisotopic (exact) mass is 523 g/mol. The van der Waals surface area contributed by atoms with E-state index in [-0.39, 0.29) is 29.3 Å². The van der Waals surface area contributed by atoms with E-state index in [4.69, 9.17) is 0 Å². The summed E-state index contributed by atoms with van der Waals surface area (Å²) in [5, 5.41) is 10.4. The molecule has 10 nitrogen and oxygen atoms in total. The van der Waals surface area contributed by atoms with E-state index in [1.807, 2.05) is 7.05 Å². The molecule has 1 aromatic heterocycles. The predicted octanol–water partition coefficient (Wildman–Crippen LogP) is 2.71. The second-order valence-electron chi connectivity index (χ2n) is 9.74. The summed E-state index contributed by atoms with van der Waals surface area (Å²) >= 11 is 0. The van der Waals surface area contributed by atoms with E-state index in [1.165, 1.54) is 11.0 Å². The van der Waals surface area contributed by atoms with Crippen molar-refractivity contribution in [1.82, 2.24) is 19.7 Å². The van der Waals surface area contributed by atoms with Crippen LogP contribution in [0.25, 0.3) is 10.9 Å². The minimum atomic E-state index is -3.92. The Morgan fingerprint density at radius 2 is 1.81 bits per heavy atom. The Balaban J connectivity index is 1.34. The third kappa shape index (κ3) is 4.84. The molecule has 3 aromatic rings.